The van der Waals surface area contributed by atoms with E-state index in [0.717, 1.165) is 47.9 Å². The Morgan fingerprint density at radius 1 is 0.688 bits per heavy atom. The van der Waals surface area contributed by atoms with Crippen LogP contribution < -0.4 is 0 Å². The monoisotopic (exact) mass is 434 g/mol. The molecule has 0 aliphatic heterocycles. The van der Waals surface area contributed by atoms with Crippen LogP contribution in [0.2, 0.25) is 0 Å². The summed E-state index contributed by atoms with van der Waals surface area (Å²) in [5.41, 5.74) is 3.09. The summed E-state index contributed by atoms with van der Waals surface area (Å²) in [6, 6.07) is 11.9. The standard InChI is InChI=1S/C28H38N2O2/c1-27(2,3)21-13-9-11-19(25(21)31)17-29-23-15-7-8-16-24(23)30-18-20-12-10-14-22(26(20)32)28(4,5)6/h9-14,17-18,23-24,31-32H,7-8,15-16H2,1-6H3/t23-,24-/m1/s1. The van der Waals surface area contributed by atoms with E-state index in [1.807, 2.05) is 36.4 Å². The molecular weight excluding hydrogens is 396 g/mol. The van der Waals surface area contributed by atoms with Crippen LogP contribution in [0.4, 0.5) is 0 Å². The van der Waals surface area contributed by atoms with E-state index < -0.39 is 0 Å². The van der Waals surface area contributed by atoms with Crippen molar-refractivity contribution in [2.75, 3.05) is 0 Å². The van der Waals surface area contributed by atoms with Crippen molar-refractivity contribution in [3.05, 3.63) is 58.7 Å². The maximum atomic E-state index is 10.7. The minimum atomic E-state index is -0.130. The maximum Gasteiger partial charge on any atom is 0.128 e. The summed E-state index contributed by atoms with van der Waals surface area (Å²) in [4.78, 5) is 9.70. The van der Waals surface area contributed by atoms with E-state index in [2.05, 4.69) is 41.5 Å². The first-order chi connectivity index (χ1) is 15.0. The van der Waals surface area contributed by atoms with E-state index in [1.165, 1.54) is 0 Å². The second kappa shape index (κ2) is 9.48. The van der Waals surface area contributed by atoms with Crippen LogP contribution in [0.3, 0.4) is 0 Å². The number of rotatable bonds is 4. The number of phenols is 2. The molecule has 2 N–H and O–H groups in total. The smallest absolute Gasteiger partial charge is 0.128 e. The molecule has 1 fully saturated rings. The lowest BCUT2D eigenvalue weighted by molar-refractivity contribution is 0.390. The van der Waals surface area contributed by atoms with Gasteiger partial charge >= 0.3 is 0 Å². The summed E-state index contributed by atoms with van der Waals surface area (Å²) in [5, 5.41) is 21.5. The largest absolute Gasteiger partial charge is 0.507 e. The van der Waals surface area contributed by atoms with Gasteiger partial charge in [-0.05, 0) is 46.9 Å². The van der Waals surface area contributed by atoms with Crippen molar-refractivity contribution in [2.24, 2.45) is 9.98 Å². The average molecular weight is 435 g/mol. The van der Waals surface area contributed by atoms with Crippen LogP contribution in [0, 0.1) is 0 Å². The number of para-hydroxylation sites is 2. The van der Waals surface area contributed by atoms with Gasteiger partial charge in [0.05, 0.1) is 12.1 Å². The van der Waals surface area contributed by atoms with Gasteiger partial charge in [0.2, 0.25) is 0 Å². The molecule has 0 bridgehead atoms. The molecule has 0 aromatic heterocycles. The zero-order valence-corrected chi connectivity index (χ0v) is 20.4. The van der Waals surface area contributed by atoms with E-state index in [0.29, 0.717) is 11.5 Å². The van der Waals surface area contributed by atoms with Gasteiger partial charge in [-0.15, -0.1) is 0 Å². The third-order valence-corrected chi connectivity index (χ3v) is 6.25. The Kier molecular flexibility index (Phi) is 7.12. The number of hydrogen-bond donors (Lipinski definition) is 2. The molecular formula is C28H38N2O2. The Morgan fingerprint density at radius 2 is 1.06 bits per heavy atom. The third-order valence-electron chi connectivity index (χ3n) is 6.25. The lowest BCUT2D eigenvalue weighted by Crippen LogP contribution is -2.27. The Hall–Kier alpha value is -2.62. The first kappa shape index (κ1) is 24.0. The predicted molar refractivity (Wildman–Crippen MR) is 135 cm³/mol. The normalized spacial score (nSPS) is 20.3. The molecule has 0 heterocycles. The van der Waals surface area contributed by atoms with Crippen molar-refractivity contribution in [3.8, 4) is 11.5 Å². The van der Waals surface area contributed by atoms with Crippen molar-refractivity contribution in [3.63, 3.8) is 0 Å². The Bertz CT molecular complexity index is 912. The molecule has 32 heavy (non-hydrogen) atoms. The molecule has 0 radical (unpaired) electrons. The number of aromatic hydroxyl groups is 2. The number of aliphatic imine (C=N–C) groups is 2. The summed E-state index contributed by atoms with van der Waals surface area (Å²) < 4.78 is 0. The highest BCUT2D eigenvalue weighted by Gasteiger charge is 2.25. The molecule has 1 aliphatic carbocycles. The number of hydrogen-bond acceptors (Lipinski definition) is 4. The highest BCUT2D eigenvalue weighted by atomic mass is 16.3. The molecule has 3 rings (SSSR count). The first-order valence-electron chi connectivity index (χ1n) is 11.7. The molecule has 0 saturated heterocycles. The first-order valence-corrected chi connectivity index (χ1v) is 11.7. The quantitative estimate of drug-likeness (QED) is 0.536. The minimum Gasteiger partial charge on any atom is -0.507 e. The van der Waals surface area contributed by atoms with Crippen LogP contribution in [0.5, 0.6) is 11.5 Å². The average Bonchev–Trinajstić information content (AvgIpc) is 2.71. The summed E-state index contributed by atoms with van der Waals surface area (Å²) in [6.07, 6.45) is 7.83. The highest BCUT2D eigenvalue weighted by Crippen LogP contribution is 2.34. The number of nitrogens with zero attached hydrogens (tertiary/aromatic N) is 2. The van der Waals surface area contributed by atoms with Crippen molar-refractivity contribution in [1.82, 2.24) is 0 Å². The van der Waals surface area contributed by atoms with Crippen LogP contribution in [0.25, 0.3) is 0 Å². The summed E-state index contributed by atoms with van der Waals surface area (Å²) in [5.74, 6) is 0.618. The van der Waals surface area contributed by atoms with Gasteiger partial charge in [0.25, 0.3) is 0 Å². The van der Waals surface area contributed by atoms with Gasteiger partial charge in [0.15, 0.2) is 0 Å². The van der Waals surface area contributed by atoms with Crippen LogP contribution in [0.1, 0.15) is 89.5 Å². The topological polar surface area (TPSA) is 65.2 Å². The fraction of sp³-hybridized carbons (Fsp3) is 0.500. The second-order valence-electron chi connectivity index (χ2n) is 11.0. The van der Waals surface area contributed by atoms with Crippen molar-refractivity contribution < 1.29 is 10.2 Å². The summed E-state index contributed by atoms with van der Waals surface area (Å²) in [7, 11) is 0. The molecule has 0 unspecified atom stereocenters. The van der Waals surface area contributed by atoms with Gasteiger partial charge in [-0.1, -0.05) is 78.6 Å². The number of benzene rings is 2. The second-order valence-corrected chi connectivity index (χ2v) is 11.0. The van der Waals surface area contributed by atoms with Crippen LogP contribution in [-0.2, 0) is 10.8 Å². The minimum absolute atomic E-state index is 0.0747. The third kappa shape index (κ3) is 5.59. The summed E-state index contributed by atoms with van der Waals surface area (Å²) >= 11 is 0. The zero-order valence-electron chi connectivity index (χ0n) is 20.4. The maximum absolute atomic E-state index is 10.7. The Morgan fingerprint density at radius 3 is 1.41 bits per heavy atom. The van der Waals surface area contributed by atoms with Crippen LogP contribution >= 0.6 is 0 Å². The van der Waals surface area contributed by atoms with Gasteiger partial charge in [0.1, 0.15) is 11.5 Å². The highest BCUT2D eigenvalue weighted by molar-refractivity contribution is 5.85. The van der Waals surface area contributed by atoms with Crippen molar-refractivity contribution >= 4 is 12.4 Å². The van der Waals surface area contributed by atoms with Crippen LogP contribution in [-0.4, -0.2) is 34.7 Å². The summed E-state index contributed by atoms with van der Waals surface area (Å²) in [6.45, 7) is 12.6. The SMILES string of the molecule is CC(C)(C)c1cccc(C=N[C@@H]2CCCC[C@H]2N=Cc2cccc(C(C)(C)C)c2O)c1O. The molecule has 2 aromatic rings. The molecule has 0 amide bonds. The lowest BCUT2D eigenvalue weighted by atomic mass is 9.85. The van der Waals surface area contributed by atoms with Crippen molar-refractivity contribution in [2.45, 2.75) is 90.1 Å². The van der Waals surface area contributed by atoms with E-state index in [1.54, 1.807) is 12.4 Å². The molecule has 2 atom stereocenters. The Labute approximate surface area is 193 Å². The predicted octanol–water partition coefficient (Wildman–Crippen LogP) is 6.54. The lowest BCUT2D eigenvalue weighted by Gasteiger charge is -2.26. The van der Waals surface area contributed by atoms with E-state index in [9.17, 15) is 10.2 Å². The fourth-order valence-electron chi connectivity index (χ4n) is 4.33. The molecule has 1 aliphatic rings. The molecule has 0 spiro atoms. The van der Waals surface area contributed by atoms with E-state index in [4.69, 9.17) is 9.98 Å². The van der Waals surface area contributed by atoms with E-state index in [-0.39, 0.29) is 22.9 Å². The number of phenolic OH excluding ortho intramolecular Hbond substituents is 2. The molecule has 172 valence electrons. The molecule has 4 nitrogen and oxygen atoms in total. The van der Waals surface area contributed by atoms with Gasteiger partial charge in [-0.3, -0.25) is 9.98 Å². The van der Waals surface area contributed by atoms with Gasteiger partial charge < -0.3 is 10.2 Å². The van der Waals surface area contributed by atoms with E-state index >= 15 is 0 Å². The molecule has 4 heteroatoms. The van der Waals surface area contributed by atoms with Crippen molar-refractivity contribution in [1.29, 1.82) is 0 Å². The fourth-order valence-corrected chi connectivity index (χ4v) is 4.33. The zero-order chi connectivity index (χ0) is 23.5. The van der Waals surface area contributed by atoms with Crippen LogP contribution in [0.15, 0.2) is 46.4 Å². The molecule has 2 aromatic carbocycles. The van der Waals surface area contributed by atoms with Gasteiger partial charge in [0, 0.05) is 23.6 Å². The van der Waals surface area contributed by atoms with Gasteiger partial charge in [-0.25, -0.2) is 0 Å². The Balaban J connectivity index is 1.82. The molecule has 1 saturated carbocycles. The van der Waals surface area contributed by atoms with Gasteiger partial charge in [-0.2, -0.15) is 0 Å².